The molecule has 1 unspecified atom stereocenters. The average Bonchev–Trinajstić information content (AvgIpc) is 2.92. The molecular weight excluding hydrogens is 534 g/mol. The second kappa shape index (κ2) is 14.1. The number of esters is 1. The van der Waals surface area contributed by atoms with Crippen LogP contribution in [0.25, 0.3) is 0 Å². The standard InChI is InChI=1S/C30H55NO10/c1-12-21-30(8,37)25(35)17(4)22(32)15(2)14-29(7,38-11)26(18(5)23(33)19(6)27(36)40-21)41-28-24(34)20(31(9)10)13-16(3)39-28/h15-21,23-26,28,33-35,37H,12-14H2,1-11H3/t15-,16-,17+,18+,19-,20+,21-,23+,24-,25-,26-,28+,29?,30-/m1/s1. The van der Waals surface area contributed by atoms with Crippen molar-refractivity contribution in [3.05, 3.63) is 0 Å². The van der Waals surface area contributed by atoms with Gasteiger partial charge in [-0.15, -0.1) is 0 Å². The molecule has 2 aliphatic rings. The molecule has 0 spiro atoms. The van der Waals surface area contributed by atoms with Crippen LogP contribution in [0.4, 0.5) is 0 Å². The molecule has 2 aliphatic heterocycles. The van der Waals surface area contributed by atoms with Crippen LogP contribution in [0.5, 0.6) is 0 Å². The van der Waals surface area contributed by atoms with Gasteiger partial charge >= 0.3 is 5.97 Å². The molecule has 0 saturated carbocycles. The summed E-state index contributed by atoms with van der Waals surface area (Å²) in [6.45, 7) is 13.2. The smallest absolute Gasteiger partial charge is 0.311 e. The van der Waals surface area contributed by atoms with Crippen molar-refractivity contribution >= 4 is 11.8 Å². The van der Waals surface area contributed by atoms with Crippen molar-refractivity contribution in [1.82, 2.24) is 4.90 Å². The molecule has 240 valence electrons. The van der Waals surface area contributed by atoms with Crippen molar-refractivity contribution in [3.8, 4) is 0 Å². The van der Waals surface area contributed by atoms with E-state index in [1.807, 2.05) is 25.9 Å². The SMILES string of the molecule is CC[C@H]1OC(=O)[C@H](C)[C@@H](O)[C@H](C)[C@@H](O[C@@H]2O[C@H](C)C[C@H](N(C)C)[C@H]2O)C(C)(OC)C[C@@H](C)C(=O)[C@H](C)[C@@H](O)[C@]1(C)O. The number of ketones is 1. The first-order valence-electron chi connectivity index (χ1n) is 14.9. The first-order valence-corrected chi connectivity index (χ1v) is 14.9. The first-order chi connectivity index (χ1) is 18.8. The summed E-state index contributed by atoms with van der Waals surface area (Å²) in [6.07, 6.45) is -6.25. The van der Waals surface area contributed by atoms with Crippen molar-refractivity contribution in [2.75, 3.05) is 21.2 Å². The van der Waals surface area contributed by atoms with Crippen LogP contribution in [0.1, 0.15) is 74.7 Å². The van der Waals surface area contributed by atoms with E-state index in [1.165, 1.54) is 21.0 Å². The number of cyclic esters (lactones) is 1. The molecule has 0 aromatic rings. The highest BCUT2D eigenvalue weighted by Crippen LogP contribution is 2.39. The summed E-state index contributed by atoms with van der Waals surface area (Å²) in [5, 5.41) is 45.1. The van der Waals surface area contributed by atoms with Crippen LogP contribution in [-0.4, -0.2) is 118 Å². The molecule has 2 fully saturated rings. The number of hydrogen-bond donors (Lipinski definition) is 4. The fourth-order valence-corrected chi connectivity index (χ4v) is 6.59. The predicted octanol–water partition coefficient (Wildman–Crippen LogP) is 1.51. The van der Waals surface area contributed by atoms with Gasteiger partial charge in [0, 0.05) is 30.9 Å². The highest BCUT2D eigenvalue weighted by molar-refractivity contribution is 5.83. The summed E-state index contributed by atoms with van der Waals surface area (Å²) in [6, 6.07) is -0.244. The molecule has 0 aromatic heterocycles. The quantitative estimate of drug-likeness (QED) is 0.345. The number of nitrogens with zero attached hydrogens (tertiary/aromatic N) is 1. The van der Waals surface area contributed by atoms with Gasteiger partial charge in [0.15, 0.2) is 6.29 Å². The molecule has 2 heterocycles. The molecule has 14 atom stereocenters. The third kappa shape index (κ3) is 7.67. The molecule has 11 nitrogen and oxygen atoms in total. The van der Waals surface area contributed by atoms with Crippen molar-refractivity contribution < 1.29 is 49.0 Å². The second-order valence-electron chi connectivity index (χ2n) is 13.1. The monoisotopic (exact) mass is 589 g/mol. The van der Waals surface area contributed by atoms with Crippen LogP contribution < -0.4 is 0 Å². The Kier molecular flexibility index (Phi) is 12.4. The van der Waals surface area contributed by atoms with Crippen LogP contribution in [0, 0.1) is 23.7 Å². The third-order valence-electron chi connectivity index (χ3n) is 9.52. The van der Waals surface area contributed by atoms with Crippen molar-refractivity contribution in [3.63, 3.8) is 0 Å². The summed E-state index contributed by atoms with van der Waals surface area (Å²) < 4.78 is 24.2. The summed E-state index contributed by atoms with van der Waals surface area (Å²) >= 11 is 0. The Hall–Kier alpha value is -1.18. The van der Waals surface area contributed by atoms with Gasteiger partial charge in [-0.25, -0.2) is 0 Å². The highest BCUT2D eigenvalue weighted by atomic mass is 16.7. The van der Waals surface area contributed by atoms with Crippen LogP contribution in [0.2, 0.25) is 0 Å². The topological polar surface area (TPSA) is 155 Å². The lowest BCUT2D eigenvalue weighted by Crippen LogP contribution is -2.60. The lowest BCUT2D eigenvalue weighted by atomic mass is 9.74. The lowest BCUT2D eigenvalue weighted by molar-refractivity contribution is -0.301. The summed E-state index contributed by atoms with van der Waals surface area (Å²) in [7, 11) is 5.21. The van der Waals surface area contributed by atoms with E-state index in [0.29, 0.717) is 6.42 Å². The number of carbonyl (C=O) groups excluding carboxylic acids is 2. The van der Waals surface area contributed by atoms with E-state index in [4.69, 9.17) is 18.9 Å². The number of rotatable bonds is 5. The molecule has 0 amide bonds. The van der Waals surface area contributed by atoms with Gasteiger partial charge in [0.05, 0.1) is 35.9 Å². The lowest BCUT2D eigenvalue weighted by Gasteiger charge is -2.48. The number of carbonyl (C=O) groups is 2. The summed E-state index contributed by atoms with van der Waals surface area (Å²) in [4.78, 5) is 28.8. The minimum Gasteiger partial charge on any atom is -0.459 e. The molecule has 2 saturated heterocycles. The van der Waals surface area contributed by atoms with Crippen LogP contribution in [-0.2, 0) is 28.5 Å². The van der Waals surface area contributed by atoms with Crippen molar-refractivity contribution in [2.45, 2.75) is 135 Å². The Balaban J connectivity index is 2.60. The molecule has 0 aliphatic carbocycles. The molecule has 4 N–H and O–H groups in total. The zero-order valence-corrected chi connectivity index (χ0v) is 26.7. The van der Waals surface area contributed by atoms with Crippen LogP contribution >= 0.6 is 0 Å². The molecule has 11 heteroatoms. The van der Waals surface area contributed by atoms with E-state index in [2.05, 4.69) is 0 Å². The number of Topliss-reactive ketones (excluding diaryl/α,β-unsaturated/α-hetero) is 1. The van der Waals surface area contributed by atoms with Gasteiger partial charge in [-0.3, -0.25) is 9.59 Å². The maximum Gasteiger partial charge on any atom is 0.311 e. The van der Waals surface area contributed by atoms with Crippen molar-refractivity contribution in [1.29, 1.82) is 0 Å². The predicted molar refractivity (Wildman–Crippen MR) is 152 cm³/mol. The van der Waals surface area contributed by atoms with Crippen LogP contribution in [0.15, 0.2) is 0 Å². The minimum absolute atomic E-state index is 0.134. The molecule has 0 aromatic carbocycles. The van der Waals surface area contributed by atoms with Gasteiger partial charge in [-0.05, 0) is 61.1 Å². The fraction of sp³-hybridized carbons (Fsp3) is 0.933. The van der Waals surface area contributed by atoms with Gasteiger partial charge in [0.1, 0.15) is 23.6 Å². The molecule has 0 bridgehead atoms. The molecule has 0 radical (unpaired) electrons. The maximum atomic E-state index is 13.6. The largest absolute Gasteiger partial charge is 0.459 e. The number of aliphatic hydroxyl groups is 4. The Morgan fingerprint density at radius 2 is 1.59 bits per heavy atom. The number of ether oxygens (including phenoxy) is 4. The summed E-state index contributed by atoms with van der Waals surface area (Å²) in [5.41, 5.74) is -3.11. The second-order valence-corrected chi connectivity index (χ2v) is 13.1. The van der Waals surface area contributed by atoms with Gasteiger partial charge < -0.3 is 44.3 Å². The third-order valence-corrected chi connectivity index (χ3v) is 9.52. The van der Waals surface area contributed by atoms with E-state index >= 15 is 0 Å². The minimum atomic E-state index is -1.91. The van der Waals surface area contributed by atoms with Crippen LogP contribution in [0.3, 0.4) is 0 Å². The normalized spacial score (nSPS) is 47.6. The highest BCUT2D eigenvalue weighted by Gasteiger charge is 2.51. The Morgan fingerprint density at radius 1 is 1.00 bits per heavy atom. The molecule has 41 heavy (non-hydrogen) atoms. The van der Waals surface area contributed by atoms with E-state index in [1.54, 1.807) is 34.6 Å². The van der Waals surface area contributed by atoms with E-state index in [9.17, 15) is 30.0 Å². The molecule has 2 rings (SSSR count). The van der Waals surface area contributed by atoms with Gasteiger partial charge in [0.2, 0.25) is 0 Å². The fourth-order valence-electron chi connectivity index (χ4n) is 6.59. The number of hydrogen-bond acceptors (Lipinski definition) is 11. The average molecular weight is 590 g/mol. The Morgan fingerprint density at radius 3 is 2.10 bits per heavy atom. The van der Waals surface area contributed by atoms with Crippen molar-refractivity contribution in [2.24, 2.45) is 23.7 Å². The zero-order chi connectivity index (χ0) is 31.6. The van der Waals surface area contributed by atoms with E-state index in [0.717, 1.165) is 0 Å². The van der Waals surface area contributed by atoms with E-state index in [-0.39, 0.29) is 30.8 Å². The maximum absolute atomic E-state index is 13.6. The molecular formula is C30H55NO10. The Labute approximate surface area is 245 Å². The van der Waals surface area contributed by atoms with Gasteiger partial charge in [-0.1, -0.05) is 27.7 Å². The Bertz CT molecular complexity index is 883. The summed E-state index contributed by atoms with van der Waals surface area (Å²) in [5.74, 6) is -4.49. The zero-order valence-electron chi connectivity index (χ0n) is 26.7. The first kappa shape index (κ1) is 36.0. The number of aliphatic hydroxyl groups excluding tert-OH is 3. The van der Waals surface area contributed by atoms with Gasteiger partial charge in [0.25, 0.3) is 0 Å². The number of methoxy groups -OCH3 is 1. The van der Waals surface area contributed by atoms with Gasteiger partial charge in [-0.2, -0.15) is 0 Å². The van der Waals surface area contributed by atoms with E-state index < -0.39 is 77.7 Å². The number of likely N-dealkylation sites (N-methyl/N-ethyl adjacent to an activating group) is 1.